The van der Waals surface area contributed by atoms with Crippen LogP contribution in [0, 0.1) is 0 Å². The molecule has 0 atom stereocenters. The van der Waals surface area contributed by atoms with Crippen LogP contribution < -0.4 is 9.64 Å². The molecule has 6 nitrogen and oxygen atoms in total. The molecule has 2 aromatic carbocycles. The van der Waals surface area contributed by atoms with Crippen molar-refractivity contribution in [2.45, 2.75) is 6.54 Å². The molecule has 0 unspecified atom stereocenters. The van der Waals surface area contributed by atoms with E-state index in [0.717, 1.165) is 36.6 Å². The van der Waals surface area contributed by atoms with Crippen LogP contribution in [-0.2, 0) is 11.3 Å². The van der Waals surface area contributed by atoms with Crippen LogP contribution in [0.1, 0.15) is 11.1 Å². The molecule has 0 spiro atoms. The fourth-order valence-corrected chi connectivity index (χ4v) is 3.57. The Kier molecular flexibility index (Phi) is 6.13. The Morgan fingerprint density at radius 1 is 1.03 bits per heavy atom. The molecule has 0 bridgehead atoms. The van der Waals surface area contributed by atoms with E-state index in [1.165, 1.54) is 5.56 Å². The molecule has 1 amide bonds. The number of hydrogen-bond acceptors (Lipinski definition) is 4. The Morgan fingerprint density at radius 3 is 2.47 bits per heavy atom. The number of aromatic nitrogens is 2. The predicted octanol–water partition coefficient (Wildman–Crippen LogP) is 3.30. The molecular formula is C24H26N4O2. The molecule has 1 aromatic heterocycles. The van der Waals surface area contributed by atoms with Crippen molar-refractivity contribution in [1.82, 2.24) is 14.7 Å². The maximum atomic E-state index is 12.6. The van der Waals surface area contributed by atoms with Gasteiger partial charge >= 0.3 is 0 Å². The van der Waals surface area contributed by atoms with E-state index in [2.05, 4.69) is 34.3 Å². The second-order valence-corrected chi connectivity index (χ2v) is 7.30. The number of carbonyl (C=O) groups is 1. The van der Waals surface area contributed by atoms with Crippen LogP contribution in [0.4, 0.5) is 5.69 Å². The Morgan fingerprint density at radius 2 is 1.77 bits per heavy atom. The lowest BCUT2D eigenvalue weighted by molar-refractivity contribution is -0.126. The van der Waals surface area contributed by atoms with Gasteiger partial charge in [0.2, 0.25) is 5.91 Å². The number of carbonyl (C=O) groups excluding carboxylic acids is 1. The lowest BCUT2D eigenvalue weighted by atomic mass is 10.2. The number of ether oxygens (including phenoxy) is 1. The number of rotatable bonds is 6. The zero-order valence-corrected chi connectivity index (χ0v) is 17.1. The first-order valence-electron chi connectivity index (χ1n) is 10.1. The molecule has 0 aliphatic carbocycles. The minimum absolute atomic E-state index is 0.0418. The standard InChI is InChI=1S/C24H26N4O2/c1-30-23-10-8-22(9-11-23)26-13-15-27(16-14-26)24(29)12-7-21-17-25-28(19-21)18-20-5-3-2-4-6-20/h2-12,17,19H,13-16,18H2,1H3/b12-7+. The van der Waals surface area contributed by atoms with Crippen molar-refractivity contribution in [1.29, 1.82) is 0 Å². The summed E-state index contributed by atoms with van der Waals surface area (Å²) in [4.78, 5) is 16.8. The van der Waals surface area contributed by atoms with Crippen LogP contribution in [0.2, 0.25) is 0 Å². The molecule has 1 aliphatic heterocycles. The largest absolute Gasteiger partial charge is 0.497 e. The van der Waals surface area contributed by atoms with E-state index in [0.29, 0.717) is 13.1 Å². The van der Waals surface area contributed by atoms with E-state index in [-0.39, 0.29) is 5.91 Å². The summed E-state index contributed by atoms with van der Waals surface area (Å²) >= 11 is 0. The zero-order chi connectivity index (χ0) is 20.8. The van der Waals surface area contributed by atoms with E-state index in [9.17, 15) is 4.79 Å². The highest BCUT2D eigenvalue weighted by Gasteiger charge is 2.19. The first-order valence-corrected chi connectivity index (χ1v) is 10.1. The summed E-state index contributed by atoms with van der Waals surface area (Å²) in [7, 11) is 1.67. The van der Waals surface area contributed by atoms with Crippen LogP contribution in [0.25, 0.3) is 6.08 Å². The maximum Gasteiger partial charge on any atom is 0.246 e. The molecule has 3 aromatic rings. The van der Waals surface area contributed by atoms with Gasteiger partial charge in [-0.3, -0.25) is 9.48 Å². The van der Waals surface area contributed by atoms with Gasteiger partial charge < -0.3 is 14.5 Å². The smallest absolute Gasteiger partial charge is 0.246 e. The highest BCUT2D eigenvalue weighted by Crippen LogP contribution is 2.20. The third-order valence-electron chi connectivity index (χ3n) is 5.29. The minimum Gasteiger partial charge on any atom is -0.497 e. The fraction of sp³-hybridized carbons (Fsp3) is 0.250. The topological polar surface area (TPSA) is 50.6 Å². The second-order valence-electron chi connectivity index (χ2n) is 7.30. The first-order chi connectivity index (χ1) is 14.7. The van der Waals surface area contributed by atoms with Crippen molar-refractivity contribution in [3.8, 4) is 5.75 Å². The summed E-state index contributed by atoms with van der Waals surface area (Å²) in [6.07, 6.45) is 7.23. The average molecular weight is 402 g/mol. The third kappa shape index (κ3) is 4.89. The molecular weight excluding hydrogens is 376 g/mol. The quantitative estimate of drug-likeness (QED) is 0.594. The average Bonchev–Trinajstić information content (AvgIpc) is 3.25. The number of anilines is 1. The molecule has 6 heteroatoms. The van der Waals surface area contributed by atoms with Crippen molar-refractivity contribution >= 4 is 17.7 Å². The predicted molar refractivity (Wildman–Crippen MR) is 119 cm³/mol. The van der Waals surface area contributed by atoms with Crippen molar-refractivity contribution in [2.75, 3.05) is 38.2 Å². The van der Waals surface area contributed by atoms with Gasteiger partial charge in [-0.25, -0.2) is 0 Å². The second kappa shape index (κ2) is 9.31. The summed E-state index contributed by atoms with van der Waals surface area (Å²) in [5, 5.41) is 4.38. The molecule has 4 rings (SSSR count). The number of methoxy groups -OCH3 is 1. The highest BCUT2D eigenvalue weighted by atomic mass is 16.5. The van der Waals surface area contributed by atoms with Gasteiger partial charge in [0.1, 0.15) is 5.75 Å². The fourth-order valence-electron chi connectivity index (χ4n) is 3.57. The molecule has 1 aliphatic rings. The summed E-state index contributed by atoms with van der Waals surface area (Å²) in [6, 6.07) is 18.2. The molecule has 1 fully saturated rings. The summed E-state index contributed by atoms with van der Waals surface area (Å²) in [6.45, 7) is 3.78. The Labute approximate surface area is 177 Å². The van der Waals surface area contributed by atoms with Gasteiger partial charge in [0.05, 0.1) is 19.9 Å². The number of nitrogens with zero attached hydrogens (tertiary/aromatic N) is 4. The molecule has 0 radical (unpaired) electrons. The first kappa shape index (κ1) is 19.8. The van der Waals surface area contributed by atoms with E-state index in [1.54, 1.807) is 19.4 Å². The zero-order valence-electron chi connectivity index (χ0n) is 17.1. The third-order valence-corrected chi connectivity index (χ3v) is 5.29. The Bertz CT molecular complexity index is 988. The SMILES string of the molecule is COc1ccc(N2CCN(C(=O)/C=C/c3cnn(Cc4ccccc4)c3)CC2)cc1. The molecule has 0 N–H and O–H groups in total. The molecule has 2 heterocycles. The van der Waals surface area contributed by atoms with Gasteiger partial charge in [-0.1, -0.05) is 30.3 Å². The van der Waals surface area contributed by atoms with Crippen LogP contribution in [0.5, 0.6) is 5.75 Å². The summed E-state index contributed by atoms with van der Waals surface area (Å²) in [5.74, 6) is 0.894. The number of benzene rings is 2. The number of hydrogen-bond donors (Lipinski definition) is 0. The van der Waals surface area contributed by atoms with Gasteiger partial charge in [-0.05, 0) is 35.9 Å². The monoisotopic (exact) mass is 402 g/mol. The van der Waals surface area contributed by atoms with Gasteiger partial charge in [-0.15, -0.1) is 0 Å². The van der Waals surface area contributed by atoms with Crippen LogP contribution >= 0.6 is 0 Å². The number of piperazine rings is 1. The molecule has 30 heavy (non-hydrogen) atoms. The van der Waals surface area contributed by atoms with Crippen LogP contribution in [0.3, 0.4) is 0 Å². The van der Waals surface area contributed by atoms with Crippen molar-refractivity contribution in [3.63, 3.8) is 0 Å². The minimum atomic E-state index is 0.0418. The molecule has 0 saturated carbocycles. The van der Waals surface area contributed by atoms with Crippen molar-refractivity contribution < 1.29 is 9.53 Å². The Hall–Kier alpha value is -3.54. The maximum absolute atomic E-state index is 12.6. The van der Waals surface area contributed by atoms with E-state index in [4.69, 9.17) is 4.74 Å². The van der Waals surface area contributed by atoms with Gasteiger partial charge in [-0.2, -0.15) is 5.10 Å². The summed E-state index contributed by atoms with van der Waals surface area (Å²) in [5.41, 5.74) is 3.28. The lowest BCUT2D eigenvalue weighted by Crippen LogP contribution is -2.48. The van der Waals surface area contributed by atoms with E-state index >= 15 is 0 Å². The van der Waals surface area contributed by atoms with E-state index < -0.39 is 0 Å². The number of amides is 1. The summed E-state index contributed by atoms with van der Waals surface area (Å²) < 4.78 is 7.10. The normalized spacial score (nSPS) is 14.3. The molecule has 154 valence electrons. The van der Waals surface area contributed by atoms with E-state index in [1.807, 2.05) is 52.2 Å². The highest BCUT2D eigenvalue weighted by molar-refractivity contribution is 5.91. The van der Waals surface area contributed by atoms with Crippen LogP contribution in [0.15, 0.2) is 73.1 Å². The van der Waals surface area contributed by atoms with Gasteiger partial charge in [0.15, 0.2) is 0 Å². The van der Waals surface area contributed by atoms with Crippen molar-refractivity contribution in [3.05, 3.63) is 84.2 Å². The van der Waals surface area contributed by atoms with Crippen LogP contribution in [-0.4, -0.2) is 53.9 Å². The van der Waals surface area contributed by atoms with Gasteiger partial charge in [0.25, 0.3) is 0 Å². The molecule has 1 saturated heterocycles. The van der Waals surface area contributed by atoms with Gasteiger partial charge in [0, 0.05) is 49.7 Å². The lowest BCUT2D eigenvalue weighted by Gasteiger charge is -2.35. The van der Waals surface area contributed by atoms with Crippen molar-refractivity contribution in [2.24, 2.45) is 0 Å². The Balaban J connectivity index is 1.29.